The molecule has 0 aromatic heterocycles. The van der Waals surface area contributed by atoms with Gasteiger partial charge in [0.1, 0.15) is 0 Å². The Balaban J connectivity index is 1.71. The van der Waals surface area contributed by atoms with Crippen molar-refractivity contribution in [2.75, 3.05) is 19.7 Å². The van der Waals surface area contributed by atoms with Crippen molar-refractivity contribution >= 4 is 0 Å². The van der Waals surface area contributed by atoms with Gasteiger partial charge in [-0.2, -0.15) is 0 Å². The zero-order valence-electron chi connectivity index (χ0n) is 10.5. The summed E-state index contributed by atoms with van der Waals surface area (Å²) in [5.74, 6) is 2.03. The Morgan fingerprint density at radius 3 is 2.44 bits per heavy atom. The van der Waals surface area contributed by atoms with Crippen LogP contribution in [0.15, 0.2) is 0 Å². The SMILES string of the molecule is CC12CC3CC(C1)CC(CNCCO)(C3)C2. The van der Waals surface area contributed by atoms with Crippen molar-refractivity contribution in [1.29, 1.82) is 0 Å². The number of hydrogen-bond donors (Lipinski definition) is 2. The summed E-state index contributed by atoms with van der Waals surface area (Å²) in [7, 11) is 0. The van der Waals surface area contributed by atoms with Crippen LogP contribution < -0.4 is 5.32 Å². The average molecular weight is 223 g/mol. The molecule has 4 rings (SSSR count). The van der Waals surface area contributed by atoms with E-state index in [1.54, 1.807) is 0 Å². The summed E-state index contributed by atoms with van der Waals surface area (Å²) in [6.45, 7) is 4.72. The zero-order chi connectivity index (χ0) is 11.2. The summed E-state index contributed by atoms with van der Waals surface area (Å²) in [5, 5.41) is 12.3. The van der Waals surface area contributed by atoms with Gasteiger partial charge in [0.25, 0.3) is 0 Å². The second-order valence-electron chi connectivity index (χ2n) is 7.17. The molecule has 2 unspecified atom stereocenters. The first kappa shape index (κ1) is 11.0. The fourth-order valence-corrected chi connectivity index (χ4v) is 5.57. The van der Waals surface area contributed by atoms with E-state index in [2.05, 4.69) is 12.2 Å². The average Bonchev–Trinajstić information content (AvgIpc) is 2.13. The second-order valence-corrected chi connectivity index (χ2v) is 7.17. The largest absolute Gasteiger partial charge is 0.395 e. The molecule has 0 aromatic carbocycles. The molecule has 16 heavy (non-hydrogen) atoms. The molecule has 92 valence electrons. The molecule has 4 fully saturated rings. The van der Waals surface area contributed by atoms with Gasteiger partial charge in [0.2, 0.25) is 0 Å². The molecule has 0 heterocycles. The molecular formula is C14H25NO. The number of aliphatic hydroxyl groups is 1. The summed E-state index contributed by atoms with van der Waals surface area (Å²) < 4.78 is 0. The van der Waals surface area contributed by atoms with E-state index >= 15 is 0 Å². The maximum Gasteiger partial charge on any atom is 0.0555 e. The van der Waals surface area contributed by atoms with Gasteiger partial charge < -0.3 is 10.4 Å². The highest BCUT2D eigenvalue weighted by atomic mass is 16.3. The summed E-state index contributed by atoms with van der Waals surface area (Å²) >= 11 is 0. The minimum Gasteiger partial charge on any atom is -0.395 e. The van der Waals surface area contributed by atoms with Crippen LogP contribution in [0.3, 0.4) is 0 Å². The number of hydrogen-bond acceptors (Lipinski definition) is 2. The first-order valence-corrected chi connectivity index (χ1v) is 6.95. The van der Waals surface area contributed by atoms with Crippen molar-refractivity contribution in [3.05, 3.63) is 0 Å². The Morgan fingerprint density at radius 2 is 1.88 bits per heavy atom. The van der Waals surface area contributed by atoms with E-state index in [0.29, 0.717) is 10.8 Å². The quantitative estimate of drug-likeness (QED) is 0.716. The summed E-state index contributed by atoms with van der Waals surface area (Å²) in [4.78, 5) is 0. The highest BCUT2D eigenvalue weighted by molar-refractivity contribution is 5.06. The van der Waals surface area contributed by atoms with E-state index in [1.807, 2.05) is 0 Å². The summed E-state index contributed by atoms with van der Waals surface area (Å²) in [6, 6.07) is 0. The fourth-order valence-electron chi connectivity index (χ4n) is 5.57. The van der Waals surface area contributed by atoms with Gasteiger partial charge in [0.15, 0.2) is 0 Å². The highest BCUT2D eigenvalue weighted by Crippen LogP contribution is 2.64. The second kappa shape index (κ2) is 3.71. The highest BCUT2D eigenvalue weighted by Gasteiger charge is 2.55. The molecule has 2 nitrogen and oxygen atoms in total. The lowest BCUT2D eigenvalue weighted by Crippen LogP contribution is -2.54. The van der Waals surface area contributed by atoms with Crippen LogP contribution in [0.4, 0.5) is 0 Å². The minimum atomic E-state index is 0.278. The van der Waals surface area contributed by atoms with Gasteiger partial charge in [-0.1, -0.05) is 6.92 Å². The topological polar surface area (TPSA) is 32.3 Å². The van der Waals surface area contributed by atoms with E-state index in [0.717, 1.165) is 24.9 Å². The normalized spacial score (nSPS) is 49.9. The third kappa shape index (κ3) is 1.80. The van der Waals surface area contributed by atoms with Crippen molar-refractivity contribution in [2.24, 2.45) is 22.7 Å². The van der Waals surface area contributed by atoms with Crippen LogP contribution in [-0.4, -0.2) is 24.8 Å². The van der Waals surface area contributed by atoms with E-state index in [-0.39, 0.29) is 6.61 Å². The van der Waals surface area contributed by atoms with E-state index < -0.39 is 0 Å². The van der Waals surface area contributed by atoms with Crippen molar-refractivity contribution in [3.8, 4) is 0 Å². The molecule has 4 aliphatic carbocycles. The van der Waals surface area contributed by atoms with Crippen molar-refractivity contribution in [3.63, 3.8) is 0 Å². The first-order valence-electron chi connectivity index (χ1n) is 6.95. The smallest absolute Gasteiger partial charge is 0.0555 e. The molecule has 0 spiro atoms. The van der Waals surface area contributed by atoms with Crippen LogP contribution in [0.2, 0.25) is 0 Å². The lowest BCUT2D eigenvalue weighted by Gasteiger charge is -2.61. The third-order valence-electron chi connectivity index (χ3n) is 5.26. The van der Waals surface area contributed by atoms with Crippen LogP contribution in [0.1, 0.15) is 45.4 Å². The molecule has 2 heteroatoms. The van der Waals surface area contributed by atoms with Crippen LogP contribution >= 0.6 is 0 Å². The number of nitrogens with one attached hydrogen (secondary N) is 1. The fraction of sp³-hybridized carbons (Fsp3) is 1.00. The summed E-state index contributed by atoms with van der Waals surface area (Å²) in [6.07, 6.45) is 8.84. The van der Waals surface area contributed by atoms with Gasteiger partial charge in [-0.05, 0) is 61.2 Å². The van der Waals surface area contributed by atoms with Gasteiger partial charge >= 0.3 is 0 Å². The molecule has 4 aliphatic rings. The van der Waals surface area contributed by atoms with Crippen LogP contribution in [0.5, 0.6) is 0 Å². The standard InChI is InChI=1S/C14H25NO/c1-13-5-11-4-12(6-13)8-14(7-11,9-13)10-15-2-3-16/h11-12,15-16H,2-10H2,1H3. The first-order chi connectivity index (χ1) is 7.63. The van der Waals surface area contributed by atoms with Gasteiger partial charge in [-0.15, -0.1) is 0 Å². The van der Waals surface area contributed by atoms with Gasteiger partial charge in [-0.25, -0.2) is 0 Å². The van der Waals surface area contributed by atoms with Crippen LogP contribution in [-0.2, 0) is 0 Å². The number of aliphatic hydroxyl groups excluding tert-OH is 1. The monoisotopic (exact) mass is 223 g/mol. The summed E-state index contributed by atoms with van der Waals surface area (Å²) in [5.41, 5.74) is 1.25. The Bertz CT molecular complexity index is 262. The number of rotatable bonds is 4. The van der Waals surface area contributed by atoms with E-state index in [4.69, 9.17) is 5.11 Å². The Hall–Kier alpha value is -0.0800. The van der Waals surface area contributed by atoms with Crippen LogP contribution in [0.25, 0.3) is 0 Å². The maximum atomic E-state index is 8.87. The Morgan fingerprint density at radius 1 is 1.19 bits per heavy atom. The maximum absolute atomic E-state index is 8.87. The predicted octanol–water partition coefficient (Wildman–Crippen LogP) is 2.17. The van der Waals surface area contributed by atoms with Crippen molar-refractivity contribution in [1.82, 2.24) is 5.32 Å². The lowest BCUT2D eigenvalue weighted by atomic mass is 9.44. The molecule has 0 aliphatic heterocycles. The van der Waals surface area contributed by atoms with Crippen molar-refractivity contribution < 1.29 is 5.11 Å². The van der Waals surface area contributed by atoms with E-state index in [9.17, 15) is 0 Å². The van der Waals surface area contributed by atoms with E-state index in [1.165, 1.54) is 38.5 Å². The zero-order valence-corrected chi connectivity index (χ0v) is 10.5. The molecule has 4 bridgehead atoms. The van der Waals surface area contributed by atoms with Gasteiger partial charge in [0, 0.05) is 13.1 Å². The molecule has 0 amide bonds. The van der Waals surface area contributed by atoms with Gasteiger partial charge in [0.05, 0.1) is 6.61 Å². The predicted molar refractivity (Wildman–Crippen MR) is 65.2 cm³/mol. The van der Waals surface area contributed by atoms with Gasteiger partial charge in [-0.3, -0.25) is 0 Å². The molecule has 0 saturated heterocycles. The molecule has 2 atom stereocenters. The third-order valence-corrected chi connectivity index (χ3v) is 5.26. The molecule has 2 N–H and O–H groups in total. The Labute approximate surface area is 98.8 Å². The molecule has 4 saturated carbocycles. The van der Waals surface area contributed by atoms with Crippen molar-refractivity contribution in [2.45, 2.75) is 45.4 Å². The molecule has 0 aromatic rings. The lowest BCUT2D eigenvalue weighted by molar-refractivity contribution is -0.0999. The minimum absolute atomic E-state index is 0.278. The molecule has 0 radical (unpaired) electrons. The molecular weight excluding hydrogens is 198 g/mol. The Kier molecular flexibility index (Phi) is 2.56. The van der Waals surface area contributed by atoms with Crippen LogP contribution in [0, 0.1) is 22.7 Å².